The Morgan fingerprint density at radius 2 is 1.66 bits per heavy atom. The van der Waals surface area contributed by atoms with E-state index in [0.717, 1.165) is 27.6 Å². The van der Waals surface area contributed by atoms with E-state index in [2.05, 4.69) is 21.2 Å². The number of para-hydroxylation sites is 1. The van der Waals surface area contributed by atoms with Crippen molar-refractivity contribution in [2.24, 2.45) is 0 Å². The van der Waals surface area contributed by atoms with Gasteiger partial charge in [0.25, 0.3) is 5.91 Å². The van der Waals surface area contributed by atoms with Gasteiger partial charge in [-0.1, -0.05) is 83.5 Å². The zero-order chi connectivity index (χ0) is 25.2. The second-order valence-electron chi connectivity index (χ2n) is 8.73. The van der Waals surface area contributed by atoms with E-state index in [1.54, 1.807) is 4.90 Å². The molecule has 0 radical (unpaired) electrons. The number of hydrogen-bond donors (Lipinski definition) is 1. The van der Waals surface area contributed by atoms with Crippen LogP contribution >= 0.6 is 15.9 Å². The van der Waals surface area contributed by atoms with Crippen LogP contribution in [0.3, 0.4) is 0 Å². The molecule has 6 heteroatoms. The molecular weight excluding hydrogens is 504 g/mol. The number of rotatable bonds is 11. The van der Waals surface area contributed by atoms with Crippen molar-refractivity contribution in [3.8, 4) is 5.75 Å². The van der Waals surface area contributed by atoms with E-state index in [4.69, 9.17) is 4.74 Å². The van der Waals surface area contributed by atoms with Crippen LogP contribution in [0.2, 0.25) is 0 Å². The summed E-state index contributed by atoms with van der Waals surface area (Å²) < 4.78 is 6.81. The highest BCUT2D eigenvalue weighted by atomic mass is 79.9. The molecule has 0 aliphatic heterocycles. The largest absolute Gasteiger partial charge is 0.484 e. The first-order valence-electron chi connectivity index (χ1n) is 11.9. The predicted molar refractivity (Wildman–Crippen MR) is 143 cm³/mol. The fraction of sp³-hybridized carbons (Fsp3) is 0.310. The average molecular weight is 537 g/mol. The Morgan fingerprint density at radius 1 is 0.971 bits per heavy atom. The molecule has 5 nitrogen and oxygen atoms in total. The third-order valence-electron chi connectivity index (χ3n) is 5.96. The minimum absolute atomic E-state index is 0.00631. The minimum Gasteiger partial charge on any atom is -0.484 e. The van der Waals surface area contributed by atoms with Gasteiger partial charge in [-0.2, -0.15) is 0 Å². The van der Waals surface area contributed by atoms with Crippen LogP contribution in [-0.4, -0.2) is 35.4 Å². The van der Waals surface area contributed by atoms with Crippen LogP contribution in [0.4, 0.5) is 0 Å². The summed E-state index contributed by atoms with van der Waals surface area (Å²) in [7, 11) is 0. The van der Waals surface area contributed by atoms with Crippen LogP contribution in [0.5, 0.6) is 5.75 Å². The Hall–Kier alpha value is -3.12. The zero-order valence-electron chi connectivity index (χ0n) is 20.5. The van der Waals surface area contributed by atoms with Crippen LogP contribution in [-0.2, 0) is 22.6 Å². The Kier molecular flexibility index (Phi) is 9.91. The van der Waals surface area contributed by atoms with E-state index in [-0.39, 0.29) is 24.5 Å². The summed E-state index contributed by atoms with van der Waals surface area (Å²) in [6.45, 7) is 6.08. The van der Waals surface area contributed by atoms with Crippen molar-refractivity contribution >= 4 is 27.7 Å². The van der Waals surface area contributed by atoms with Crippen molar-refractivity contribution in [2.45, 2.75) is 52.2 Å². The van der Waals surface area contributed by atoms with Crippen molar-refractivity contribution in [1.29, 1.82) is 0 Å². The smallest absolute Gasteiger partial charge is 0.261 e. The van der Waals surface area contributed by atoms with Gasteiger partial charge in [0.15, 0.2) is 6.61 Å². The molecule has 0 spiro atoms. The van der Waals surface area contributed by atoms with Gasteiger partial charge in [0.1, 0.15) is 11.8 Å². The highest BCUT2D eigenvalue weighted by Gasteiger charge is 2.31. The maximum atomic E-state index is 13.6. The van der Waals surface area contributed by atoms with Crippen LogP contribution in [0, 0.1) is 6.92 Å². The fourth-order valence-corrected chi connectivity index (χ4v) is 4.21. The molecule has 0 saturated carbocycles. The topological polar surface area (TPSA) is 58.6 Å². The summed E-state index contributed by atoms with van der Waals surface area (Å²) in [5.41, 5.74) is 2.87. The van der Waals surface area contributed by atoms with Gasteiger partial charge < -0.3 is 15.0 Å². The van der Waals surface area contributed by atoms with Gasteiger partial charge in [-0.15, -0.1) is 0 Å². The first-order chi connectivity index (χ1) is 16.9. The lowest BCUT2D eigenvalue weighted by molar-refractivity contribution is -0.143. The quantitative estimate of drug-likeness (QED) is 0.342. The maximum absolute atomic E-state index is 13.6. The second kappa shape index (κ2) is 13.1. The van der Waals surface area contributed by atoms with E-state index in [1.807, 2.05) is 99.6 Å². The van der Waals surface area contributed by atoms with Crippen molar-refractivity contribution < 1.29 is 14.3 Å². The van der Waals surface area contributed by atoms with Crippen molar-refractivity contribution in [3.63, 3.8) is 0 Å². The summed E-state index contributed by atoms with van der Waals surface area (Å²) >= 11 is 3.51. The van der Waals surface area contributed by atoms with Crippen molar-refractivity contribution in [2.75, 3.05) is 6.61 Å². The number of hydrogen-bond acceptors (Lipinski definition) is 3. The molecule has 0 aliphatic carbocycles. The van der Waals surface area contributed by atoms with Gasteiger partial charge in [0.2, 0.25) is 5.91 Å². The second-order valence-corrected chi connectivity index (χ2v) is 9.64. The van der Waals surface area contributed by atoms with Crippen molar-refractivity contribution in [1.82, 2.24) is 10.2 Å². The minimum atomic E-state index is -0.682. The molecule has 2 atom stereocenters. The van der Waals surface area contributed by atoms with Crippen LogP contribution in [0.25, 0.3) is 0 Å². The number of nitrogens with one attached hydrogen (secondary N) is 1. The Labute approximate surface area is 216 Å². The molecule has 35 heavy (non-hydrogen) atoms. The van der Waals surface area contributed by atoms with Crippen LogP contribution in [0.1, 0.15) is 37.0 Å². The van der Waals surface area contributed by atoms with Gasteiger partial charge in [0.05, 0.1) is 0 Å². The highest BCUT2D eigenvalue weighted by molar-refractivity contribution is 9.10. The SMILES string of the molecule is CC[C@H](C)NC(=O)[C@@H](Cc1ccccc1)N(Cc1cccc(Br)c1)C(=O)COc1ccccc1C. The first kappa shape index (κ1) is 26.5. The molecule has 0 saturated heterocycles. The van der Waals surface area contributed by atoms with Crippen LogP contribution < -0.4 is 10.1 Å². The molecule has 0 unspecified atom stereocenters. The number of ether oxygens (including phenoxy) is 1. The third kappa shape index (κ3) is 7.96. The molecule has 0 aliphatic rings. The summed E-state index contributed by atoms with van der Waals surface area (Å²) in [6, 6.07) is 24.5. The van der Waals surface area contributed by atoms with Gasteiger partial charge in [0, 0.05) is 23.5 Å². The number of carbonyl (C=O) groups is 2. The normalized spacial score (nSPS) is 12.5. The molecular formula is C29H33BrN2O3. The number of amides is 2. The van der Waals surface area contributed by atoms with E-state index in [1.165, 1.54) is 0 Å². The molecule has 3 aromatic carbocycles. The lowest BCUT2D eigenvalue weighted by atomic mass is 10.0. The Morgan fingerprint density at radius 3 is 2.34 bits per heavy atom. The zero-order valence-corrected chi connectivity index (χ0v) is 22.1. The number of benzene rings is 3. The molecule has 2 amide bonds. The summed E-state index contributed by atoms with van der Waals surface area (Å²) in [4.78, 5) is 28.8. The maximum Gasteiger partial charge on any atom is 0.261 e. The molecule has 3 rings (SSSR count). The number of aryl methyl sites for hydroxylation is 1. The Balaban J connectivity index is 1.92. The Bertz CT molecular complexity index is 1120. The number of halogens is 1. The lowest BCUT2D eigenvalue weighted by Crippen LogP contribution is -2.53. The first-order valence-corrected chi connectivity index (χ1v) is 12.7. The van der Waals surface area contributed by atoms with Gasteiger partial charge in [-0.05, 0) is 55.2 Å². The summed E-state index contributed by atoms with van der Waals surface area (Å²) in [5.74, 6) is 0.253. The molecule has 3 aromatic rings. The van der Waals surface area contributed by atoms with Crippen LogP contribution in [0.15, 0.2) is 83.3 Å². The molecule has 0 bridgehead atoms. The molecule has 1 N–H and O–H groups in total. The van der Waals surface area contributed by atoms with E-state index >= 15 is 0 Å². The highest BCUT2D eigenvalue weighted by Crippen LogP contribution is 2.20. The average Bonchev–Trinajstić information content (AvgIpc) is 2.86. The van der Waals surface area contributed by atoms with Gasteiger partial charge in [-0.25, -0.2) is 0 Å². The monoisotopic (exact) mass is 536 g/mol. The van der Waals surface area contributed by atoms with Gasteiger partial charge >= 0.3 is 0 Å². The van der Waals surface area contributed by atoms with Crippen molar-refractivity contribution in [3.05, 3.63) is 100 Å². The van der Waals surface area contributed by atoms with E-state index in [9.17, 15) is 9.59 Å². The van der Waals surface area contributed by atoms with Gasteiger partial charge in [-0.3, -0.25) is 9.59 Å². The van der Waals surface area contributed by atoms with E-state index < -0.39 is 6.04 Å². The molecule has 0 fully saturated rings. The molecule has 0 aromatic heterocycles. The molecule has 184 valence electrons. The lowest BCUT2D eigenvalue weighted by Gasteiger charge is -2.32. The summed E-state index contributed by atoms with van der Waals surface area (Å²) in [5, 5.41) is 3.08. The standard InChI is InChI=1S/C29H33BrN2O3/c1-4-22(3)31-29(34)26(18-23-12-6-5-7-13-23)32(19-24-14-10-15-25(30)17-24)28(33)20-35-27-16-9-8-11-21(27)2/h5-17,22,26H,4,18-20H2,1-3H3,(H,31,34)/t22-,26+/m0/s1. The molecule has 0 heterocycles. The number of nitrogens with zero attached hydrogens (tertiary/aromatic N) is 1. The van der Waals surface area contributed by atoms with E-state index in [0.29, 0.717) is 18.7 Å². The predicted octanol–water partition coefficient (Wildman–Crippen LogP) is 5.69. The number of carbonyl (C=O) groups excluding carboxylic acids is 2. The third-order valence-corrected chi connectivity index (χ3v) is 6.45. The summed E-state index contributed by atoms with van der Waals surface area (Å²) in [6.07, 6.45) is 1.22. The fourth-order valence-electron chi connectivity index (χ4n) is 3.77.